The van der Waals surface area contributed by atoms with E-state index >= 15 is 0 Å². The standard InChI is InChI=1S/C17H16ClFN2O2/c18-14-7-5-12(6-8-14)11-21-17(23)16(22)20-10-9-13-3-1-2-4-15(13)19/h1-8H,9-11H2,(H,20,22)(H,21,23). The molecule has 0 aliphatic heterocycles. The highest BCUT2D eigenvalue weighted by Crippen LogP contribution is 2.09. The molecule has 0 aliphatic rings. The van der Waals surface area contributed by atoms with Crippen molar-refractivity contribution in [1.29, 1.82) is 0 Å². The average molecular weight is 335 g/mol. The molecule has 0 bridgehead atoms. The van der Waals surface area contributed by atoms with Crippen LogP contribution in [0.15, 0.2) is 48.5 Å². The van der Waals surface area contributed by atoms with Crippen molar-refractivity contribution in [2.45, 2.75) is 13.0 Å². The van der Waals surface area contributed by atoms with Crippen LogP contribution in [0.5, 0.6) is 0 Å². The molecule has 0 atom stereocenters. The smallest absolute Gasteiger partial charge is 0.309 e. The monoisotopic (exact) mass is 334 g/mol. The second-order valence-corrected chi connectivity index (χ2v) is 5.34. The third-order valence-electron chi connectivity index (χ3n) is 3.21. The molecule has 0 aromatic heterocycles. The first-order valence-corrected chi connectivity index (χ1v) is 7.48. The largest absolute Gasteiger partial charge is 0.348 e. The van der Waals surface area contributed by atoms with Crippen LogP contribution < -0.4 is 10.6 Å². The van der Waals surface area contributed by atoms with E-state index in [0.29, 0.717) is 17.0 Å². The Morgan fingerprint density at radius 3 is 2.30 bits per heavy atom. The minimum atomic E-state index is -0.740. The summed E-state index contributed by atoms with van der Waals surface area (Å²) >= 11 is 5.77. The summed E-state index contributed by atoms with van der Waals surface area (Å²) in [7, 11) is 0. The number of benzene rings is 2. The molecule has 0 spiro atoms. The van der Waals surface area contributed by atoms with Crippen LogP contribution in [0.3, 0.4) is 0 Å². The van der Waals surface area contributed by atoms with Gasteiger partial charge in [0.05, 0.1) is 0 Å². The Bertz CT molecular complexity index is 689. The van der Waals surface area contributed by atoms with E-state index in [9.17, 15) is 14.0 Å². The lowest BCUT2D eigenvalue weighted by Gasteiger charge is -2.07. The molecular weight excluding hydrogens is 319 g/mol. The second-order valence-electron chi connectivity index (χ2n) is 4.91. The molecule has 23 heavy (non-hydrogen) atoms. The predicted molar refractivity (Wildman–Crippen MR) is 86.4 cm³/mol. The van der Waals surface area contributed by atoms with Crippen molar-refractivity contribution >= 4 is 23.4 Å². The number of carbonyl (C=O) groups excluding carboxylic acids is 2. The molecule has 0 aliphatic carbocycles. The van der Waals surface area contributed by atoms with Crippen LogP contribution in [0.1, 0.15) is 11.1 Å². The first kappa shape index (κ1) is 17.0. The van der Waals surface area contributed by atoms with Crippen molar-refractivity contribution in [2.75, 3.05) is 6.54 Å². The zero-order valence-corrected chi connectivity index (χ0v) is 13.1. The number of carbonyl (C=O) groups is 2. The summed E-state index contributed by atoms with van der Waals surface area (Å²) < 4.78 is 13.4. The molecule has 2 amide bonds. The van der Waals surface area contributed by atoms with Gasteiger partial charge in [-0.15, -0.1) is 0 Å². The number of amides is 2. The van der Waals surface area contributed by atoms with Crippen molar-refractivity contribution in [3.8, 4) is 0 Å². The fourth-order valence-electron chi connectivity index (χ4n) is 1.96. The molecule has 2 aromatic rings. The van der Waals surface area contributed by atoms with Crippen LogP contribution in [0.4, 0.5) is 4.39 Å². The summed E-state index contributed by atoms with van der Waals surface area (Å²) in [5.74, 6) is -1.79. The SMILES string of the molecule is O=C(NCCc1ccccc1F)C(=O)NCc1ccc(Cl)cc1. The fourth-order valence-corrected chi connectivity index (χ4v) is 2.08. The Morgan fingerprint density at radius 1 is 0.957 bits per heavy atom. The maximum absolute atomic E-state index is 13.4. The summed E-state index contributed by atoms with van der Waals surface area (Å²) in [4.78, 5) is 23.3. The molecule has 0 saturated carbocycles. The van der Waals surface area contributed by atoms with Crippen molar-refractivity contribution < 1.29 is 14.0 Å². The van der Waals surface area contributed by atoms with Gasteiger partial charge in [0.25, 0.3) is 0 Å². The van der Waals surface area contributed by atoms with Gasteiger partial charge in [0.1, 0.15) is 5.82 Å². The summed E-state index contributed by atoms with van der Waals surface area (Å²) in [6, 6.07) is 13.3. The molecule has 0 unspecified atom stereocenters. The molecule has 0 radical (unpaired) electrons. The van der Waals surface area contributed by atoms with Gasteiger partial charge in [-0.25, -0.2) is 4.39 Å². The fraction of sp³-hybridized carbons (Fsp3) is 0.176. The van der Waals surface area contributed by atoms with Crippen LogP contribution >= 0.6 is 11.6 Å². The molecule has 120 valence electrons. The summed E-state index contributed by atoms with van der Waals surface area (Å²) in [5.41, 5.74) is 1.33. The topological polar surface area (TPSA) is 58.2 Å². The third-order valence-corrected chi connectivity index (χ3v) is 3.46. The van der Waals surface area contributed by atoms with E-state index in [1.54, 1.807) is 42.5 Å². The minimum absolute atomic E-state index is 0.189. The quantitative estimate of drug-likeness (QED) is 0.825. The second kappa shape index (κ2) is 8.29. The van der Waals surface area contributed by atoms with Crippen LogP contribution in [0.2, 0.25) is 5.02 Å². The van der Waals surface area contributed by atoms with Gasteiger partial charge in [-0.1, -0.05) is 41.9 Å². The Morgan fingerprint density at radius 2 is 1.61 bits per heavy atom. The minimum Gasteiger partial charge on any atom is -0.348 e. The van der Waals surface area contributed by atoms with E-state index in [1.165, 1.54) is 6.07 Å². The molecule has 2 rings (SSSR count). The zero-order chi connectivity index (χ0) is 16.7. The van der Waals surface area contributed by atoms with E-state index in [2.05, 4.69) is 10.6 Å². The zero-order valence-electron chi connectivity index (χ0n) is 12.3. The van der Waals surface area contributed by atoms with E-state index < -0.39 is 11.8 Å². The summed E-state index contributed by atoms with van der Waals surface area (Å²) in [6.45, 7) is 0.421. The first-order valence-electron chi connectivity index (χ1n) is 7.10. The summed E-state index contributed by atoms with van der Waals surface area (Å²) in [6.07, 6.45) is 0.322. The van der Waals surface area contributed by atoms with Crippen molar-refractivity contribution in [3.63, 3.8) is 0 Å². The van der Waals surface area contributed by atoms with Gasteiger partial charge in [0.2, 0.25) is 0 Å². The first-order chi connectivity index (χ1) is 11.1. The number of nitrogens with one attached hydrogen (secondary N) is 2. The molecule has 2 aromatic carbocycles. The van der Waals surface area contributed by atoms with Gasteiger partial charge in [-0.05, 0) is 35.7 Å². The van der Waals surface area contributed by atoms with Crippen LogP contribution in [-0.2, 0) is 22.6 Å². The normalized spacial score (nSPS) is 10.2. The molecule has 4 nitrogen and oxygen atoms in total. The van der Waals surface area contributed by atoms with E-state index in [1.807, 2.05) is 0 Å². The molecule has 0 saturated heterocycles. The lowest BCUT2D eigenvalue weighted by molar-refractivity contribution is -0.139. The van der Waals surface area contributed by atoms with Gasteiger partial charge in [0.15, 0.2) is 0 Å². The lowest BCUT2D eigenvalue weighted by Crippen LogP contribution is -2.40. The summed E-state index contributed by atoms with van der Waals surface area (Å²) in [5, 5.41) is 5.58. The number of halogens is 2. The van der Waals surface area contributed by atoms with Crippen LogP contribution in [0.25, 0.3) is 0 Å². The number of rotatable bonds is 5. The van der Waals surface area contributed by atoms with Crippen molar-refractivity contribution in [3.05, 3.63) is 70.5 Å². The maximum Gasteiger partial charge on any atom is 0.309 e. The Kier molecular flexibility index (Phi) is 6.11. The van der Waals surface area contributed by atoms with Gasteiger partial charge in [-0.3, -0.25) is 9.59 Å². The van der Waals surface area contributed by atoms with Crippen LogP contribution in [0, 0.1) is 5.82 Å². The maximum atomic E-state index is 13.4. The predicted octanol–water partition coefficient (Wildman–Crippen LogP) is 2.45. The highest BCUT2D eigenvalue weighted by molar-refractivity contribution is 6.35. The molecule has 0 fully saturated rings. The molecular formula is C17H16ClFN2O2. The Hall–Kier alpha value is -2.40. The third kappa shape index (κ3) is 5.38. The number of hydrogen-bond acceptors (Lipinski definition) is 2. The van der Waals surface area contributed by atoms with Gasteiger partial charge in [-0.2, -0.15) is 0 Å². The van der Waals surface area contributed by atoms with E-state index in [0.717, 1.165) is 5.56 Å². The Labute approximate surface area is 138 Å². The van der Waals surface area contributed by atoms with Gasteiger partial charge in [0, 0.05) is 18.1 Å². The van der Waals surface area contributed by atoms with Gasteiger partial charge < -0.3 is 10.6 Å². The van der Waals surface area contributed by atoms with Crippen molar-refractivity contribution in [1.82, 2.24) is 10.6 Å². The molecule has 0 heterocycles. The van der Waals surface area contributed by atoms with Crippen molar-refractivity contribution in [2.24, 2.45) is 0 Å². The van der Waals surface area contributed by atoms with E-state index in [-0.39, 0.29) is 18.9 Å². The Balaban J connectivity index is 1.73. The van der Waals surface area contributed by atoms with Crippen LogP contribution in [-0.4, -0.2) is 18.4 Å². The average Bonchev–Trinajstić information content (AvgIpc) is 2.55. The lowest BCUT2D eigenvalue weighted by atomic mass is 10.1. The highest BCUT2D eigenvalue weighted by atomic mass is 35.5. The van der Waals surface area contributed by atoms with E-state index in [4.69, 9.17) is 11.6 Å². The molecule has 6 heteroatoms. The number of hydrogen-bond donors (Lipinski definition) is 2. The highest BCUT2D eigenvalue weighted by Gasteiger charge is 2.12. The van der Waals surface area contributed by atoms with Gasteiger partial charge >= 0.3 is 11.8 Å². The molecule has 2 N–H and O–H groups in total.